The van der Waals surface area contributed by atoms with E-state index in [1.54, 1.807) is 0 Å². The zero-order valence-electron chi connectivity index (χ0n) is 16.2. The van der Waals surface area contributed by atoms with E-state index in [2.05, 4.69) is 75.8 Å². The summed E-state index contributed by atoms with van der Waals surface area (Å²) in [6, 6.07) is 21.0. The predicted octanol–water partition coefficient (Wildman–Crippen LogP) is 6.66. The number of hydrogen-bond acceptors (Lipinski definition) is 1. The Morgan fingerprint density at radius 3 is 1.92 bits per heavy atom. The standard InChI is InChI=1S/C25H25N/c1-17-11-12-23(19(3)13-17)24(16-26-22-9-7-6-8-10-22)25-20(4)14-18(2)15-21(25)5/h6-15H,1-5H3. The van der Waals surface area contributed by atoms with Crippen molar-refractivity contribution in [3.63, 3.8) is 0 Å². The van der Waals surface area contributed by atoms with Crippen molar-refractivity contribution in [2.45, 2.75) is 34.6 Å². The minimum absolute atomic E-state index is 0.914. The van der Waals surface area contributed by atoms with Gasteiger partial charge in [0.25, 0.3) is 0 Å². The quantitative estimate of drug-likeness (QED) is 0.473. The molecule has 0 amide bonds. The highest BCUT2D eigenvalue weighted by Crippen LogP contribution is 2.30. The lowest BCUT2D eigenvalue weighted by atomic mass is 9.88. The zero-order valence-corrected chi connectivity index (χ0v) is 16.2. The summed E-state index contributed by atoms with van der Waals surface area (Å²) in [5, 5.41) is 0. The van der Waals surface area contributed by atoms with Crippen molar-refractivity contribution >= 4 is 17.1 Å². The van der Waals surface area contributed by atoms with Gasteiger partial charge in [-0.3, -0.25) is 0 Å². The Labute approximate surface area is 156 Å². The van der Waals surface area contributed by atoms with Crippen LogP contribution in [0.15, 0.2) is 65.7 Å². The molecule has 0 saturated carbocycles. The molecule has 0 N–H and O–H groups in total. The third kappa shape index (κ3) is 3.85. The second kappa shape index (κ2) is 7.56. The van der Waals surface area contributed by atoms with Crippen LogP contribution >= 0.6 is 0 Å². The molecule has 0 aromatic heterocycles. The molecule has 0 aliphatic carbocycles. The normalized spacial score (nSPS) is 10.3. The van der Waals surface area contributed by atoms with Gasteiger partial charge in [0, 0.05) is 0 Å². The summed E-state index contributed by atoms with van der Waals surface area (Å²) < 4.78 is 0. The highest BCUT2D eigenvalue weighted by atomic mass is 14.7. The van der Waals surface area contributed by atoms with E-state index in [9.17, 15) is 0 Å². The van der Waals surface area contributed by atoms with Crippen molar-refractivity contribution in [1.29, 1.82) is 0 Å². The van der Waals surface area contributed by atoms with Gasteiger partial charge >= 0.3 is 0 Å². The fourth-order valence-electron chi connectivity index (χ4n) is 3.54. The Hall–Kier alpha value is -2.89. The van der Waals surface area contributed by atoms with E-state index in [-0.39, 0.29) is 0 Å². The molecule has 0 fully saturated rings. The minimum Gasteiger partial charge on any atom is -0.206 e. The number of aryl methyl sites for hydroxylation is 5. The van der Waals surface area contributed by atoms with Crippen LogP contribution in [-0.2, 0) is 0 Å². The van der Waals surface area contributed by atoms with E-state index in [0.717, 1.165) is 11.3 Å². The SMILES string of the molecule is Cc1ccc(C(=C=Nc2ccccc2)c2c(C)cc(C)cc2C)c(C)c1. The van der Waals surface area contributed by atoms with Crippen LogP contribution in [0, 0.1) is 34.6 Å². The van der Waals surface area contributed by atoms with E-state index in [1.165, 1.54) is 38.9 Å². The first kappa shape index (κ1) is 17.9. The van der Waals surface area contributed by atoms with Crippen LogP contribution in [0.3, 0.4) is 0 Å². The first-order chi connectivity index (χ1) is 12.5. The number of nitrogens with zero attached hydrogens (tertiary/aromatic N) is 1. The molecule has 0 aliphatic heterocycles. The van der Waals surface area contributed by atoms with Gasteiger partial charge in [-0.15, -0.1) is 0 Å². The Balaban J connectivity index is 2.29. The number of rotatable bonds is 3. The van der Waals surface area contributed by atoms with Crippen molar-refractivity contribution in [1.82, 2.24) is 0 Å². The van der Waals surface area contributed by atoms with Gasteiger partial charge in [-0.2, -0.15) is 0 Å². The summed E-state index contributed by atoms with van der Waals surface area (Å²) in [6.07, 6.45) is 0. The summed E-state index contributed by atoms with van der Waals surface area (Å²) in [4.78, 5) is 4.64. The van der Waals surface area contributed by atoms with Gasteiger partial charge in [0.05, 0.1) is 11.3 Å². The number of para-hydroxylation sites is 1. The topological polar surface area (TPSA) is 12.4 Å². The molecule has 0 aliphatic rings. The fourth-order valence-corrected chi connectivity index (χ4v) is 3.54. The zero-order chi connectivity index (χ0) is 18.7. The second-order valence-electron chi connectivity index (χ2n) is 7.03. The Morgan fingerprint density at radius 1 is 0.692 bits per heavy atom. The number of aliphatic imine (C=N–C) groups is 1. The molecule has 26 heavy (non-hydrogen) atoms. The lowest BCUT2D eigenvalue weighted by molar-refractivity contribution is 1.28. The second-order valence-corrected chi connectivity index (χ2v) is 7.03. The Bertz CT molecular complexity index is 981. The third-order valence-corrected chi connectivity index (χ3v) is 4.63. The number of benzene rings is 3. The molecular formula is C25H25N. The van der Waals surface area contributed by atoms with Gasteiger partial charge in [0.2, 0.25) is 0 Å². The van der Waals surface area contributed by atoms with Gasteiger partial charge in [0.15, 0.2) is 0 Å². The third-order valence-electron chi connectivity index (χ3n) is 4.63. The van der Waals surface area contributed by atoms with Crippen molar-refractivity contribution < 1.29 is 0 Å². The summed E-state index contributed by atoms with van der Waals surface area (Å²) in [5.41, 5.74) is 10.7. The first-order valence-corrected chi connectivity index (χ1v) is 9.00. The maximum Gasteiger partial charge on any atom is 0.0729 e. The molecule has 0 heterocycles. The van der Waals surface area contributed by atoms with Gasteiger partial charge < -0.3 is 0 Å². The highest BCUT2D eigenvalue weighted by molar-refractivity contribution is 6.01. The van der Waals surface area contributed by atoms with Crippen molar-refractivity contribution in [2.75, 3.05) is 0 Å². The van der Waals surface area contributed by atoms with Crippen molar-refractivity contribution in [2.24, 2.45) is 4.99 Å². The molecule has 1 nitrogen and oxygen atoms in total. The summed E-state index contributed by atoms with van der Waals surface area (Å²) in [5.74, 6) is 3.37. The maximum absolute atomic E-state index is 4.64. The summed E-state index contributed by atoms with van der Waals surface area (Å²) >= 11 is 0. The minimum atomic E-state index is 0.914. The van der Waals surface area contributed by atoms with Gasteiger partial charge in [-0.25, -0.2) is 4.99 Å². The lowest BCUT2D eigenvalue weighted by Gasteiger charge is -2.15. The molecule has 0 spiro atoms. The predicted molar refractivity (Wildman–Crippen MR) is 113 cm³/mol. The molecule has 0 atom stereocenters. The van der Waals surface area contributed by atoms with E-state index in [0.29, 0.717) is 0 Å². The first-order valence-electron chi connectivity index (χ1n) is 9.00. The van der Waals surface area contributed by atoms with Crippen LogP contribution in [0.4, 0.5) is 5.69 Å². The Kier molecular flexibility index (Phi) is 5.21. The largest absolute Gasteiger partial charge is 0.206 e. The maximum atomic E-state index is 4.64. The highest BCUT2D eigenvalue weighted by Gasteiger charge is 2.14. The molecule has 0 radical (unpaired) electrons. The molecule has 3 aromatic carbocycles. The average molecular weight is 339 g/mol. The van der Waals surface area contributed by atoms with Gasteiger partial charge in [-0.05, 0) is 80.4 Å². The van der Waals surface area contributed by atoms with E-state index in [1.807, 2.05) is 30.3 Å². The van der Waals surface area contributed by atoms with Gasteiger partial charge in [-0.1, -0.05) is 59.7 Å². The van der Waals surface area contributed by atoms with Crippen LogP contribution in [0.25, 0.3) is 5.57 Å². The van der Waals surface area contributed by atoms with E-state index < -0.39 is 0 Å². The smallest absolute Gasteiger partial charge is 0.0729 e. The van der Waals surface area contributed by atoms with Crippen molar-refractivity contribution in [3.05, 3.63) is 99.6 Å². The molecule has 3 rings (SSSR count). The average Bonchev–Trinajstić information content (AvgIpc) is 2.58. The molecule has 3 aromatic rings. The van der Waals surface area contributed by atoms with Crippen LogP contribution in [0.2, 0.25) is 0 Å². The fraction of sp³-hybridized carbons (Fsp3) is 0.200. The van der Waals surface area contributed by atoms with Crippen LogP contribution in [0.5, 0.6) is 0 Å². The Morgan fingerprint density at radius 2 is 1.31 bits per heavy atom. The molecule has 130 valence electrons. The molecule has 0 unspecified atom stereocenters. The molecule has 0 bridgehead atoms. The lowest BCUT2D eigenvalue weighted by Crippen LogP contribution is -1.99. The van der Waals surface area contributed by atoms with E-state index >= 15 is 0 Å². The molecule has 0 saturated heterocycles. The monoisotopic (exact) mass is 339 g/mol. The molecule has 1 heteroatoms. The van der Waals surface area contributed by atoms with E-state index in [4.69, 9.17) is 0 Å². The molecular weight excluding hydrogens is 314 g/mol. The van der Waals surface area contributed by atoms with Gasteiger partial charge in [0.1, 0.15) is 0 Å². The van der Waals surface area contributed by atoms with Crippen LogP contribution in [0.1, 0.15) is 38.9 Å². The summed E-state index contributed by atoms with van der Waals surface area (Å²) in [6.45, 7) is 10.8. The summed E-state index contributed by atoms with van der Waals surface area (Å²) in [7, 11) is 0. The van der Waals surface area contributed by atoms with Crippen LogP contribution in [-0.4, -0.2) is 5.87 Å². The number of hydrogen-bond donors (Lipinski definition) is 0. The van der Waals surface area contributed by atoms with Crippen molar-refractivity contribution in [3.8, 4) is 0 Å². The van der Waals surface area contributed by atoms with Crippen LogP contribution < -0.4 is 0 Å².